The van der Waals surface area contributed by atoms with Crippen molar-refractivity contribution in [2.24, 2.45) is 4.99 Å². The van der Waals surface area contributed by atoms with Gasteiger partial charge in [-0.05, 0) is 25.7 Å². The van der Waals surface area contributed by atoms with Crippen LogP contribution in [0.1, 0.15) is 51.9 Å². The molecule has 1 aliphatic heterocycles. The van der Waals surface area contributed by atoms with Crippen LogP contribution in [0.3, 0.4) is 0 Å². The average Bonchev–Trinajstić information content (AvgIpc) is 2.62. The van der Waals surface area contributed by atoms with Crippen LogP contribution in [0.15, 0.2) is 4.99 Å². The van der Waals surface area contributed by atoms with Crippen molar-refractivity contribution in [3.63, 3.8) is 0 Å². The van der Waals surface area contributed by atoms with Gasteiger partial charge in [-0.15, -0.1) is 24.0 Å². The smallest absolute Gasteiger partial charge is 0.229 e. The Morgan fingerprint density at radius 3 is 2.54 bits per heavy atom. The number of guanidine groups is 1. The Morgan fingerprint density at radius 2 is 1.92 bits per heavy atom. The number of rotatable bonds is 6. The van der Waals surface area contributed by atoms with Gasteiger partial charge in [-0.25, -0.2) is 0 Å². The minimum Gasteiger partial charge on any atom is -0.355 e. The fourth-order valence-electron chi connectivity index (χ4n) is 3.47. The maximum Gasteiger partial charge on any atom is 0.229 e. The van der Waals surface area contributed by atoms with Crippen LogP contribution >= 0.6 is 24.0 Å². The van der Waals surface area contributed by atoms with Crippen LogP contribution < -0.4 is 10.6 Å². The van der Waals surface area contributed by atoms with Gasteiger partial charge in [0.25, 0.3) is 0 Å². The molecule has 3 unspecified atom stereocenters. The van der Waals surface area contributed by atoms with Crippen LogP contribution in [-0.2, 0) is 20.4 Å². The summed E-state index contributed by atoms with van der Waals surface area (Å²) in [6, 6.07) is 0.263. The van der Waals surface area contributed by atoms with Crippen LogP contribution in [0.4, 0.5) is 0 Å². The van der Waals surface area contributed by atoms with Crippen molar-refractivity contribution >= 4 is 52.6 Å². The molecule has 0 aromatic carbocycles. The summed E-state index contributed by atoms with van der Waals surface area (Å²) in [5.41, 5.74) is 0. The zero-order chi connectivity index (χ0) is 18.2. The lowest BCUT2D eigenvalue weighted by Gasteiger charge is -2.30. The first kappa shape index (κ1) is 23.3. The molecule has 0 aromatic rings. The van der Waals surface area contributed by atoms with Crippen LogP contribution in [0.2, 0.25) is 0 Å². The topological polar surface area (TPSA) is 90.9 Å². The third-order valence-electron chi connectivity index (χ3n) is 4.86. The number of aliphatic imine (C=N–C) groups is 1. The van der Waals surface area contributed by atoms with Gasteiger partial charge in [-0.3, -0.25) is 23.7 Å². The zero-order valence-electron chi connectivity index (χ0n) is 15.7. The lowest BCUT2D eigenvalue weighted by atomic mass is 9.95. The highest BCUT2D eigenvalue weighted by atomic mass is 127. The first-order valence-electron chi connectivity index (χ1n) is 9.22. The first-order chi connectivity index (χ1) is 12.0. The molecule has 2 fully saturated rings. The van der Waals surface area contributed by atoms with E-state index in [-0.39, 0.29) is 47.1 Å². The molecule has 0 radical (unpaired) electrons. The summed E-state index contributed by atoms with van der Waals surface area (Å²) in [6.45, 7) is 2.82. The van der Waals surface area contributed by atoms with Gasteiger partial charge in [0.1, 0.15) is 0 Å². The molecular weight excluding hydrogens is 467 g/mol. The van der Waals surface area contributed by atoms with Gasteiger partial charge < -0.3 is 10.6 Å². The van der Waals surface area contributed by atoms with Crippen molar-refractivity contribution in [1.82, 2.24) is 15.5 Å². The molecule has 0 bridgehead atoms. The van der Waals surface area contributed by atoms with Gasteiger partial charge in [0, 0.05) is 60.8 Å². The van der Waals surface area contributed by atoms with Crippen LogP contribution in [0.25, 0.3) is 0 Å². The van der Waals surface area contributed by atoms with E-state index in [1.165, 1.54) is 4.90 Å². The third-order valence-corrected chi connectivity index (χ3v) is 6.60. The first-order valence-corrected chi connectivity index (χ1v) is 10.6. The number of carbonyl (C=O) groups excluding carboxylic acids is 2. The number of imide groups is 1. The number of piperidine rings is 1. The maximum atomic E-state index is 12.0. The monoisotopic (exact) mass is 498 g/mol. The standard InChI is InChI=1S/C17H30N4O3S.HI/c1-3-25(24)14-7-4-6-13(12-14)20-17(18-2)19-10-11-21-15(22)8-5-9-16(21)23;/h13-14H,3-12H2,1-2H3,(H2,18,19,20);1H. The van der Waals surface area contributed by atoms with Gasteiger partial charge in [-0.2, -0.15) is 0 Å². The highest BCUT2D eigenvalue weighted by Crippen LogP contribution is 2.22. The summed E-state index contributed by atoms with van der Waals surface area (Å²) < 4.78 is 12.0. The number of hydrogen-bond donors (Lipinski definition) is 2. The average molecular weight is 498 g/mol. The Balaban J connectivity index is 0.00000338. The second-order valence-electron chi connectivity index (χ2n) is 6.59. The van der Waals surface area contributed by atoms with Crippen molar-refractivity contribution in [2.45, 2.75) is 63.2 Å². The largest absolute Gasteiger partial charge is 0.355 e. The number of nitrogens with one attached hydrogen (secondary N) is 2. The van der Waals surface area contributed by atoms with E-state index in [0.717, 1.165) is 25.7 Å². The molecule has 2 N–H and O–H groups in total. The molecule has 2 aliphatic rings. The van der Waals surface area contributed by atoms with E-state index in [1.807, 2.05) is 6.92 Å². The van der Waals surface area contributed by atoms with E-state index in [9.17, 15) is 13.8 Å². The summed E-state index contributed by atoms with van der Waals surface area (Å²) in [5, 5.41) is 6.83. The van der Waals surface area contributed by atoms with E-state index < -0.39 is 10.8 Å². The van der Waals surface area contributed by atoms with Gasteiger partial charge in [-0.1, -0.05) is 13.3 Å². The minimum absolute atomic E-state index is 0. The molecule has 1 heterocycles. The summed E-state index contributed by atoms with van der Waals surface area (Å²) >= 11 is 0. The lowest BCUT2D eigenvalue weighted by molar-refractivity contribution is -0.147. The Bertz CT molecular complexity index is 528. The van der Waals surface area contributed by atoms with Gasteiger partial charge in [0.2, 0.25) is 11.8 Å². The summed E-state index contributed by atoms with van der Waals surface area (Å²) in [7, 11) is 0.956. The molecule has 2 rings (SSSR count). The summed E-state index contributed by atoms with van der Waals surface area (Å²) in [6.07, 6.45) is 5.61. The van der Waals surface area contributed by atoms with Gasteiger partial charge in [0.15, 0.2) is 5.96 Å². The number of carbonyl (C=O) groups is 2. The van der Waals surface area contributed by atoms with Crippen molar-refractivity contribution < 1.29 is 13.8 Å². The van der Waals surface area contributed by atoms with E-state index in [4.69, 9.17) is 0 Å². The Morgan fingerprint density at radius 1 is 1.23 bits per heavy atom. The van der Waals surface area contributed by atoms with E-state index >= 15 is 0 Å². The van der Waals surface area contributed by atoms with Crippen molar-refractivity contribution in [2.75, 3.05) is 25.9 Å². The van der Waals surface area contributed by atoms with Crippen LogP contribution in [-0.4, -0.2) is 64.1 Å². The number of likely N-dealkylation sites (tertiary alicyclic amines) is 1. The Labute approximate surface area is 175 Å². The highest BCUT2D eigenvalue weighted by molar-refractivity contribution is 14.0. The highest BCUT2D eigenvalue weighted by Gasteiger charge is 2.27. The van der Waals surface area contributed by atoms with Crippen molar-refractivity contribution in [3.05, 3.63) is 0 Å². The summed E-state index contributed by atoms with van der Waals surface area (Å²) in [4.78, 5) is 29.2. The molecule has 0 spiro atoms. The second kappa shape index (κ2) is 11.9. The van der Waals surface area contributed by atoms with Gasteiger partial charge in [0.05, 0.1) is 0 Å². The number of amides is 2. The molecule has 26 heavy (non-hydrogen) atoms. The molecule has 0 aromatic heterocycles. The predicted octanol–water partition coefficient (Wildman–Crippen LogP) is 1.39. The van der Waals surface area contributed by atoms with E-state index in [0.29, 0.717) is 44.1 Å². The summed E-state index contributed by atoms with van der Waals surface area (Å²) in [5.74, 6) is 1.21. The lowest BCUT2D eigenvalue weighted by Crippen LogP contribution is -2.49. The van der Waals surface area contributed by atoms with E-state index in [2.05, 4.69) is 15.6 Å². The molecule has 7 nitrogen and oxygen atoms in total. The normalized spacial score (nSPS) is 25.5. The second-order valence-corrected chi connectivity index (χ2v) is 8.60. The van der Waals surface area contributed by atoms with Crippen LogP contribution in [0, 0.1) is 0 Å². The molecule has 1 saturated carbocycles. The predicted molar refractivity (Wildman–Crippen MR) is 115 cm³/mol. The molecular formula is C17H31IN4O3S. The quantitative estimate of drug-likeness (QED) is 0.250. The molecule has 1 saturated heterocycles. The van der Waals surface area contributed by atoms with Gasteiger partial charge >= 0.3 is 0 Å². The molecule has 3 atom stereocenters. The fraction of sp³-hybridized carbons (Fsp3) is 0.824. The number of nitrogens with zero attached hydrogens (tertiary/aromatic N) is 2. The maximum absolute atomic E-state index is 12.0. The minimum atomic E-state index is -0.750. The fourth-order valence-corrected chi connectivity index (χ4v) is 4.82. The Hall–Kier alpha value is -0.710. The number of halogens is 1. The van der Waals surface area contributed by atoms with E-state index in [1.54, 1.807) is 7.05 Å². The third kappa shape index (κ3) is 6.79. The van der Waals surface area contributed by atoms with Crippen molar-refractivity contribution in [1.29, 1.82) is 0 Å². The Kier molecular flexibility index (Phi) is 10.7. The SMILES string of the molecule is CCS(=O)C1CCCC(NC(=NC)NCCN2C(=O)CCCC2=O)C1.I. The zero-order valence-corrected chi connectivity index (χ0v) is 18.8. The molecule has 9 heteroatoms. The molecule has 150 valence electrons. The number of hydrogen-bond acceptors (Lipinski definition) is 4. The molecule has 1 aliphatic carbocycles. The molecule has 2 amide bonds. The van der Waals surface area contributed by atoms with Crippen LogP contribution in [0.5, 0.6) is 0 Å². The van der Waals surface area contributed by atoms with Crippen molar-refractivity contribution in [3.8, 4) is 0 Å².